The van der Waals surface area contributed by atoms with E-state index in [1.807, 2.05) is 17.4 Å². The Morgan fingerprint density at radius 3 is 2.06 bits per heavy atom. The lowest BCUT2D eigenvalue weighted by Gasteiger charge is -2.28. The number of benzene rings is 8. The Balaban J connectivity index is 1.24. The van der Waals surface area contributed by atoms with E-state index < -0.39 is 0 Å². The van der Waals surface area contributed by atoms with Crippen LogP contribution in [0.4, 0.5) is 17.1 Å². The predicted molar refractivity (Wildman–Crippen MR) is 202 cm³/mol. The van der Waals surface area contributed by atoms with E-state index in [4.69, 9.17) is 4.42 Å². The third kappa shape index (κ3) is 4.10. The van der Waals surface area contributed by atoms with Crippen LogP contribution >= 0.6 is 11.3 Å². The van der Waals surface area contributed by atoms with Crippen molar-refractivity contribution in [1.29, 1.82) is 0 Å². The van der Waals surface area contributed by atoms with Gasteiger partial charge < -0.3 is 9.32 Å². The van der Waals surface area contributed by atoms with Gasteiger partial charge in [-0.05, 0) is 75.8 Å². The fourth-order valence-electron chi connectivity index (χ4n) is 7.26. The van der Waals surface area contributed by atoms with E-state index >= 15 is 0 Å². The highest BCUT2D eigenvalue weighted by atomic mass is 32.1. The third-order valence-corrected chi connectivity index (χ3v) is 10.6. The molecule has 0 saturated carbocycles. The molecule has 0 unspecified atom stereocenters. The number of thiophene rings is 1. The van der Waals surface area contributed by atoms with Gasteiger partial charge in [-0.25, -0.2) is 0 Å². The third-order valence-electron chi connectivity index (χ3n) is 9.45. The van der Waals surface area contributed by atoms with E-state index in [2.05, 4.69) is 163 Å². The van der Waals surface area contributed by atoms with Gasteiger partial charge in [0.15, 0.2) is 5.58 Å². The topological polar surface area (TPSA) is 16.4 Å². The molecule has 0 N–H and O–H groups in total. The van der Waals surface area contributed by atoms with Crippen LogP contribution in [0.2, 0.25) is 0 Å². The van der Waals surface area contributed by atoms with Gasteiger partial charge in [-0.1, -0.05) is 115 Å². The Kier molecular flexibility index (Phi) is 5.78. The first-order valence-electron chi connectivity index (χ1n) is 15.9. The molecule has 0 aliphatic carbocycles. The average Bonchev–Trinajstić information content (AvgIpc) is 3.70. The van der Waals surface area contributed by atoms with E-state index in [0.717, 1.165) is 39.0 Å². The van der Waals surface area contributed by atoms with E-state index in [0.29, 0.717) is 0 Å². The number of fused-ring (bicyclic) bond motifs is 8. The molecule has 2 nitrogen and oxygen atoms in total. The minimum atomic E-state index is 0.879. The molecule has 0 bridgehead atoms. The minimum absolute atomic E-state index is 0.879. The first-order valence-corrected chi connectivity index (χ1v) is 16.7. The summed E-state index contributed by atoms with van der Waals surface area (Å²) in [5.74, 6) is 0. The second-order valence-electron chi connectivity index (χ2n) is 12.1. The van der Waals surface area contributed by atoms with E-state index in [9.17, 15) is 0 Å². The summed E-state index contributed by atoms with van der Waals surface area (Å²) in [6.07, 6.45) is 0. The second-order valence-corrected chi connectivity index (χ2v) is 13.2. The highest BCUT2D eigenvalue weighted by Crippen LogP contribution is 2.46. The van der Waals surface area contributed by atoms with E-state index in [-0.39, 0.29) is 0 Å². The Morgan fingerprint density at radius 1 is 0.426 bits per heavy atom. The Morgan fingerprint density at radius 2 is 1.15 bits per heavy atom. The molecule has 220 valence electrons. The van der Waals surface area contributed by atoms with Gasteiger partial charge in [0.1, 0.15) is 5.58 Å². The van der Waals surface area contributed by atoms with Crippen molar-refractivity contribution in [3.8, 4) is 11.1 Å². The summed E-state index contributed by atoms with van der Waals surface area (Å²) in [6.45, 7) is 0. The summed E-state index contributed by atoms with van der Waals surface area (Å²) in [7, 11) is 0. The van der Waals surface area contributed by atoms with Crippen LogP contribution in [-0.4, -0.2) is 0 Å². The Bertz CT molecular complexity index is 2820. The molecule has 0 fully saturated rings. The molecule has 8 aromatic carbocycles. The zero-order valence-corrected chi connectivity index (χ0v) is 26.2. The monoisotopic (exact) mass is 617 g/mol. The predicted octanol–water partition coefficient (Wildman–Crippen LogP) is 13.4. The average molecular weight is 618 g/mol. The number of anilines is 3. The zero-order chi connectivity index (χ0) is 30.9. The van der Waals surface area contributed by atoms with Crippen molar-refractivity contribution in [3.05, 3.63) is 164 Å². The van der Waals surface area contributed by atoms with Gasteiger partial charge in [0.05, 0.1) is 11.4 Å². The van der Waals surface area contributed by atoms with Crippen LogP contribution in [0, 0.1) is 0 Å². The molecule has 0 amide bonds. The quantitative estimate of drug-likeness (QED) is 0.195. The highest BCUT2D eigenvalue weighted by molar-refractivity contribution is 7.25. The smallest absolute Gasteiger partial charge is 0.159 e. The van der Waals surface area contributed by atoms with Gasteiger partial charge in [0.25, 0.3) is 0 Å². The first kappa shape index (κ1) is 26.3. The van der Waals surface area contributed by atoms with Gasteiger partial charge in [0.2, 0.25) is 0 Å². The van der Waals surface area contributed by atoms with Crippen LogP contribution in [0.3, 0.4) is 0 Å². The number of para-hydroxylation sites is 2. The fraction of sp³-hybridized carbons (Fsp3) is 0. The van der Waals surface area contributed by atoms with Gasteiger partial charge in [-0.3, -0.25) is 0 Å². The lowest BCUT2D eigenvalue weighted by Crippen LogP contribution is -2.11. The summed E-state index contributed by atoms with van der Waals surface area (Å²) in [5, 5.41) is 9.68. The zero-order valence-electron chi connectivity index (χ0n) is 25.4. The van der Waals surface area contributed by atoms with Crippen molar-refractivity contribution < 1.29 is 4.42 Å². The number of nitrogens with zero attached hydrogens (tertiary/aromatic N) is 1. The molecule has 3 heteroatoms. The maximum Gasteiger partial charge on any atom is 0.159 e. The Labute approximate surface area is 275 Å². The SMILES string of the molecule is c1ccc2cc(N(c3ccc(-c4ccc5sc6ccccc6c5c4)c4ccccc34)c3cccc4c3oc3ccccc34)ccc2c1. The van der Waals surface area contributed by atoms with Crippen molar-refractivity contribution in [2.75, 3.05) is 4.90 Å². The van der Waals surface area contributed by atoms with Crippen LogP contribution in [0.25, 0.3) is 74.8 Å². The molecule has 47 heavy (non-hydrogen) atoms. The highest BCUT2D eigenvalue weighted by Gasteiger charge is 2.22. The van der Waals surface area contributed by atoms with Gasteiger partial charge >= 0.3 is 0 Å². The maximum absolute atomic E-state index is 6.63. The maximum atomic E-state index is 6.63. The molecule has 10 rings (SSSR count). The van der Waals surface area contributed by atoms with Crippen molar-refractivity contribution in [2.24, 2.45) is 0 Å². The number of furan rings is 1. The summed E-state index contributed by atoms with van der Waals surface area (Å²) in [6, 6.07) is 59.1. The fourth-order valence-corrected chi connectivity index (χ4v) is 8.34. The molecule has 2 aromatic heterocycles. The Hall–Kier alpha value is -5.90. The van der Waals surface area contributed by atoms with Crippen molar-refractivity contribution >= 4 is 92.1 Å². The standard InChI is InChI=1S/C44H27NOS/c1-2-11-29-26-31(22-20-28(29)10-1)45(40-17-9-16-37-35-14-5-7-18-41(35)46-44(37)40)39-24-23-32(33-12-3-4-13-34(33)39)30-21-25-43-38(27-30)36-15-6-8-19-42(36)47-43/h1-27H. The molecule has 0 saturated heterocycles. The molecule has 10 aromatic rings. The van der Waals surface area contributed by atoms with Crippen LogP contribution in [-0.2, 0) is 0 Å². The van der Waals surface area contributed by atoms with Crippen molar-refractivity contribution in [1.82, 2.24) is 0 Å². The van der Waals surface area contributed by atoms with Crippen molar-refractivity contribution in [3.63, 3.8) is 0 Å². The van der Waals surface area contributed by atoms with E-state index in [1.54, 1.807) is 0 Å². The van der Waals surface area contributed by atoms with Crippen molar-refractivity contribution in [2.45, 2.75) is 0 Å². The number of hydrogen-bond donors (Lipinski definition) is 0. The lowest BCUT2D eigenvalue weighted by atomic mass is 9.95. The summed E-state index contributed by atoms with van der Waals surface area (Å²) < 4.78 is 9.27. The molecular weight excluding hydrogens is 591 g/mol. The van der Waals surface area contributed by atoms with Gasteiger partial charge in [-0.15, -0.1) is 11.3 Å². The summed E-state index contributed by atoms with van der Waals surface area (Å²) >= 11 is 1.86. The van der Waals surface area contributed by atoms with Crippen LogP contribution < -0.4 is 4.90 Å². The second kappa shape index (κ2) is 10.3. The molecule has 2 heterocycles. The number of hydrogen-bond acceptors (Lipinski definition) is 3. The van der Waals surface area contributed by atoms with Crippen LogP contribution in [0.5, 0.6) is 0 Å². The van der Waals surface area contributed by atoms with E-state index in [1.165, 1.54) is 52.8 Å². The van der Waals surface area contributed by atoms with Gasteiger partial charge in [-0.2, -0.15) is 0 Å². The normalized spacial score (nSPS) is 11.8. The minimum Gasteiger partial charge on any atom is -0.454 e. The molecule has 0 aliphatic rings. The molecule has 0 radical (unpaired) electrons. The lowest BCUT2D eigenvalue weighted by molar-refractivity contribution is 0.669. The van der Waals surface area contributed by atoms with Crippen LogP contribution in [0.15, 0.2) is 168 Å². The number of rotatable bonds is 4. The summed E-state index contributed by atoms with van der Waals surface area (Å²) in [4.78, 5) is 2.37. The van der Waals surface area contributed by atoms with Gasteiger partial charge in [0, 0.05) is 42.0 Å². The largest absolute Gasteiger partial charge is 0.454 e. The molecular formula is C44H27NOS. The molecule has 0 spiro atoms. The molecule has 0 aliphatic heterocycles. The van der Waals surface area contributed by atoms with Crippen LogP contribution in [0.1, 0.15) is 0 Å². The summed E-state index contributed by atoms with van der Waals surface area (Å²) in [5.41, 5.74) is 7.42. The molecule has 0 atom stereocenters. The first-order chi connectivity index (χ1) is 23.3.